The number of halogens is 1. The van der Waals surface area contributed by atoms with E-state index in [1.807, 2.05) is 13.8 Å². The fourth-order valence-corrected chi connectivity index (χ4v) is 2.26. The Morgan fingerprint density at radius 2 is 1.96 bits per heavy atom. The lowest BCUT2D eigenvalue weighted by Gasteiger charge is -2.17. The molecule has 0 radical (unpaired) electrons. The van der Waals surface area contributed by atoms with Gasteiger partial charge in [0, 0.05) is 11.7 Å². The Morgan fingerprint density at radius 1 is 1.30 bits per heavy atom. The number of nitrogens with one attached hydrogen (secondary N) is 2. The van der Waals surface area contributed by atoms with Crippen LogP contribution in [-0.4, -0.2) is 27.3 Å². The van der Waals surface area contributed by atoms with Crippen molar-refractivity contribution in [3.8, 4) is 0 Å². The van der Waals surface area contributed by atoms with Gasteiger partial charge < -0.3 is 10.4 Å². The van der Waals surface area contributed by atoms with E-state index in [0.717, 1.165) is 5.69 Å². The summed E-state index contributed by atoms with van der Waals surface area (Å²) in [5.41, 5.74) is 1.85. The Morgan fingerprint density at radius 3 is 2.52 bits per heavy atom. The number of rotatable bonds is 6. The maximum atomic E-state index is 12.9. The van der Waals surface area contributed by atoms with E-state index in [4.69, 9.17) is 0 Å². The molecule has 0 bridgehead atoms. The topological polar surface area (TPSA) is 78.0 Å². The molecule has 3 N–H and O–H groups in total. The van der Waals surface area contributed by atoms with Gasteiger partial charge >= 0.3 is 0 Å². The molecule has 1 aromatic heterocycles. The minimum absolute atomic E-state index is 0.248. The van der Waals surface area contributed by atoms with Gasteiger partial charge in [-0.25, -0.2) is 4.39 Å². The molecule has 124 valence electrons. The summed E-state index contributed by atoms with van der Waals surface area (Å²) in [6.07, 6.45) is -0.435. The second kappa shape index (κ2) is 7.37. The maximum Gasteiger partial charge on any atom is 0.271 e. The van der Waals surface area contributed by atoms with E-state index in [0.29, 0.717) is 17.7 Å². The van der Waals surface area contributed by atoms with E-state index >= 15 is 0 Å². The molecule has 0 aliphatic rings. The summed E-state index contributed by atoms with van der Waals surface area (Å²) in [5, 5.41) is 19.8. The third-order valence-electron chi connectivity index (χ3n) is 3.66. The molecule has 0 fully saturated rings. The van der Waals surface area contributed by atoms with E-state index in [1.54, 1.807) is 13.0 Å². The zero-order valence-corrected chi connectivity index (χ0v) is 13.5. The van der Waals surface area contributed by atoms with Crippen molar-refractivity contribution in [2.45, 2.75) is 45.3 Å². The first-order valence-corrected chi connectivity index (χ1v) is 7.66. The molecule has 1 aromatic carbocycles. The quantitative estimate of drug-likeness (QED) is 0.766. The van der Waals surface area contributed by atoms with Crippen LogP contribution in [0.25, 0.3) is 0 Å². The number of carbonyl (C=O) groups excluding carboxylic acids is 1. The molecule has 2 rings (SSSR count). The number of aromatic amines is 1. The minimum atomic E-state index is -0.767. The molecule has 2 atom stereocenters. The number of benzene rings is 1. The highest BCUT2D eigenvalue weighted by atomic mass is 19.1. The van der Waals surface area contributed by atoms with Gasteiger partial charge in [-0.15, -0.1) is 0 Å². The number of hydrogen-bond donors (Lipinski definition) is 3. The van der Waals surface area contributed by atoms with Crippen molar-refractivity contribution in [2.24, 2.45) is 0 Å². The largest absolute Gasteiger partial charge is 0.388 e. The summed E-state index contributed by atoms with van der Waals surface area (Å²) < 4.78 is 12.9. The molecule has 1 heterocycles. The molecule has 2 unspecified atom stereocenters. The number of hydrogen-bond acceptors (Lipinski definition) is 3. The summed E-state index contributed by atoms with van der Waals surface area (Å²) in [6, 6.07) is 7.16. The molecular weight excluding hydrogens is 297 g/mol. The molecular formula is C17H22FN3O2. The predicted molar refractivity (Wildman–Crippen MR) is 85.6 cm³/mol. The van der Waals surface area contributed by atoms with Gasteiger partial charge in [0.15, 0.2) is 0 Å². The molecule has 1 amide bonds. The fourth-order valence-electron chi connectivity index (χ4n) is 2.26. The second-order valence-electron chi connectivity index (χ2n) is 6.04. The van der Waals surface area contributed by atoms with Crippen LogP contribution in [0.15, 0.2) is 30.3 Å². The maximum absolute atomic E-state index is 12.9. The fraction of sp³-hybridized carbons (Fsp3) is 0.412. The number of aromatic nitrogens is 2. The highest BCUT2D eigenvalue weighted by Crippen LogP contribution is 2.19. The van der Waals surface area contributed by atoms with Gasteiger partial charge in [-0.2, -0.15) is 5.10 Å². The van der Waals surface area contributed by atoms with Crippen LogP contribution < -0.4 is 5.32 Å². The summed E-state index contributed by atoms with van der Waals surface area (Å²) in [6.45, 7) is 5.83. The van der Waals surface area contributed by atoms with Gasteiger partial charge in [0.1, 0.15) is 11.5 Å². The number of nitrogens with zero attached hydrogens (tertiary/aromatic N) is 1. The number of carbonyl (C=O) groups is 1. The Bertz CT molecular complexity index is 652. The third kappa shape index (κ3) is 4.63. The van der Waals surface area contributed by atoms with Gasteiger partial charge in [0.25, 0.3) is 5.91 Å². The molecule has 0 saturated heterocycles. The average molecular weight is 319 g/mol. The first-order chi connectivity index (χ1) is 10.9. The summed E-state index contributed by atoms with van der Waals surface area (Å²) in [4.78, 5) is 12.1. The van der Waals surface area contributed by atoms with Crippen LogP contribution in [0.3, 0.4) is 0 Å². The van der Waals surface area contributed by atoms with E-state index < -0.39 is 6.10 Å². The van der Waals surface area contributed by atoms with Crippen LogP contribution in [0.2, 0.25) is 0 Å². The van der Waals surface area contributed by atoms with Crippen molar-refractivity contribution < 1.29 is 14.3 Å². The average Bonchev–Trinajstić information content (AvgIpc) is 2.97. The summed E-state index contributed by atoms with van der Waals surface area (Å²) in [7, 11) is 0. The van der Waals surface area contributed by atoms with Crippen LogP contribution >= 0.6 is 0 Å². The van der Waals surface area contributed by atoms with E-state index in [2.05, 4.69) is 15.5 Å². The minimum Gasteiger partial charge on any atom is -0.388 e. The van der Waals surface area contributed by atoms with E-state index in [1.165, 1.54) is 24.3 Å². The second-order valence-corrected chi connectivity index (χ2v) is 6.04. The zero-order valence-electron chi connectivity index (χ0n) is 13.5. The Balaban J connectivity index is 1.91. The molecule has 5 nitrogen and oxygen atoms in total. The van der Waals surface area contributed by atoms with Crippen LogP contribution in [0.4, 0.5) is 4.39 Å². The monoisotopic (exact) mass is 319 g/mol. The summed E-state index contributed by atoms with van der Waals surface area (Å²) >= 11 is 0. The van der Waals surface area contributed by atoms with Crippen molar-refractivity contribution in [2.75, 3.05) is 0 Å². The van der Waals surface area contributed by atoms with Crippen LogP contribution in [0.5, 0.6) is 0 Å². The molecule has 0 aliphatic heterocycles. The highest BCUT2D eigenvalue weighted by molar-refractivity contribution is 5.92. The van der Waals surface area contributed by atoms with Crippen LogP contribution in [-0.2, 0) is 0 Å². The lowest BCUT2D eigenvalue weighted by molar-refractivity contribution is 0.0912. The number of H-pyrrole nitrogens is 1. The zero-order chi connectivity index (χ0) is 17.0. The van der Waals surface area contributed by atoms with Crippen LogP contribution in [0.1, 0.15) is 61.0 Å². The molecule has 0 aliphatic carbocycles. The molecule has 2 aromatic rings. The standard InChI is InChI=1S/C17H22FN3O2/c1-10(2)14-9-15(21-20-14)17(23)19-11(3)8-16(22)12-4-6-13(18)7-5-12/h4-7,9-11,16,22H,8H2,1-3H3,(H,19,23)(H,20,21). The lowest BCUT2D eigenvalue weighted by Crippen LogP contribution is -2.34. The normalized spacial score (nSPS) is 13.8. The third-order valence-corrected chi connectivity index (χ3v) is 3.66. The van der Waals surface area contributed by atoms with Crippen molar-refractivity contribution in [3.63, 3.8) is 0 Å². The van der Waals surface area contributed by atoms with Gasteiger partial charge in [0.2, 0.25) is 0 Å². The van der Waals surface area contributed by atoms with Crippen molar-refractivity contribution in [1.82, 2.24) is 15.5 Å². The Kier molecular flexibility index (Phi) is 5.50. The number of aliphatic hydroxyl groups is 1. The van der Waals surface area contributed by atoms with Crippen LogP contribution in [0, 0.1) is 5.82 Å². The van der Waals surface area contributed by atoms with E-state index in [9.17, 15) is 14.3 Å². The molecule has 6 heteroatoms. The van der Waals surface area contributed by atoms with Crippen molar-refractivity contribution in [3.05, 3.63) is 53.1 Å². The summed E-state index contributed by atoms with van der Waals surface area (Å²) in [5.74, 6) is -0.365. The number of aliphatic hydroxyl groups excluding tert-OH is 1. The van der Waals surface area contributed by atoms with Crippen molar-refractivity contribution in [1.29, 1.82) is 0 Å². The van der Waals surface area contributed by atoms with Gasteiger partial charge in [-0.3, -0.25) is 9.89 Å². The first-order valence-electron chi connectivity index (χ1n) is 7.66. The molecule has 23 heavy (non-hydrogen) atoms. The lowest BCUT2D eigenvalue weighted by atomic mass is 10.0. The van der Waals surface area contributed by atoms with Crippen molar-refractivity contribution >= 4 is 5.91 Å². The van der Waals surface area contributed by atoms with Gasteiger partial charge in [-0.1, -0.05) is 26.0 Å². The first kappa shape index (κ1) is 17.1. The number of amides is 1. The highest BCUT2D eigenvalue weighted by Gasteiger charge is 2.17. The van der Waals surface area contributed by atoms with Gasteiger partial charge in [0.05, 0.1) is 6.10 Å². The smallest absolute Gasteiger partial charge is 0.271 e. The Labute approximate surface area is 134 Å². The van der Waals surface area contributed by atoms with Gasteiger partial charge in [-0.05, 0) is 43.0 Å². The van der Waals surface area contributed by atoms with E-state index in [-0.39, 0.29) is 23.7 Å². The Hall–Kier alpha value is -2.21. The predicted octanol–water partition coefficient (Wildman–Crippen LogP) is 2.91. The molecule has 0 spiro atoms. The molecule has 0 saturated carbocycles. The SMILES string of the molecule is CC(CC(O)c1ccc(F)cc1)NC(=O)c1cc(C(C)C)[nH]n1.